The Labute approximate surface area is 173 Å². The number of rotatable bonds is 8. The van der Waals surface area contributed by atoms with Gasteiger partial charge in [-0.05, 0) is 49.1 Å². The van der Waals surface area contributed by atoms with Crippen molar-refractivity contribution < 1.29 is 14.3 Å². The maximum atomic E-state index is 12.4. The Bertz CT molecular complexity index is 784. The van der Waals surface area contributed by atoms with Crippen molar-refractivity contribution in [2.24, 2.45) is 0 Å². The van der Waals surface area contributed by atoms with E-state index in [0.717, 1.165) is 11.3 Å². The van der Waals surface area contributed by atoms with Crippen LogP contribution in [0.3, 0.4) is 0 Å². The third kappa shape index (κ3) is 6.11. The van der Waals surface area contributed by atoms with Crippen molar-refractivity contribution in [3.05, 3.63) is 47.8 Å². The van der Waals surface area contributed by atoms with Crippen LogP contribution < -0.4 is 20.1 Å². The van der Waals surface area contributed by atoms with Crippen molar-refractivity contribution in [1.29, 1.82) is 0 Å². The number of aromatic nitrogens is 1. The van der Waals surface area contributed by atoms with E-state index < -0.39 is 0 Å². The minimum atomic E-state index is -0.161. The SMILES string of the molecule is COc1ccc(CCNC(=O)c2ccc(NC3CCCCCC3)cn2)cc1OC. The molecule has 2 aromatic rings. The molecule has 0 unspecified atom stereocenters. The molecule has 0 spiro atoms. The van der Waals surface area contributed by atoms with Crippen molar-refractivity contribution in [3.8, 4) is 11.5 Å². The molecule has 6 nitrogen and oxygen atoms in total. The topological polar surface area (TPSA) is 72.5 Å². The Kier molecular flexibility index (Phi) is 7.73. The first-order valence-electron chi connectivity index (χ1n) is 10.4. The molecular formula is C23H31N3O3. The summed E-state index contributed by atoms with van der Waals surface area (Å²) < 4.78 is 10.6. The molecule has 1 aliphatic carbocycles. The van der Waals surface area contributed by atoms with Crippen LogP contribution in [0.2, 0.25) is 0 Å². The van der Waals surface area contributed by atoms with E-state index in [-0.39, 0.29) is 5.91 Å². The summed E-state index contributed by atoms with van der Waals surface area (Å²) in [6.45, 7) is 0.526. The highest BCUT2D eigenvalue weighted by atomic mass is 16.5. The molecule has 0 bridgehead atoms. The van der Waals surface area contributed by atoms with Crippen LogP contribution in [0.25, 0.3) is 0 Å². The predicted molar refractivity (Wildman–Crippen MR) is 115 cm³/mol. The quantitative estimate of drug-likeness (QED) is 0.653. The number of carbonyl (C=O) groups is 1. The van der Waals surface area contributed by atoms with Gasteiger partial charge in [0.1, 0.15) is 5.69 Å². The number of ether oxygens (including phenoxy) is 2. The molecule has 0 aliphatic heterocycles. The van der Waals surface area contributed by atoms with Crippen molar-refractivity contribution in [1.82, 2.24) is 10.3 Å². The zero-order valence-corrected chi connectivity index (χ0v) is 17.4. The number of carbonyl (C=O) groups excluding carboxylic acids is 1. The Morgan fingerprint density at radius 2 is 1.79 bits per heavy atom. The van der Waals surface area contributed by atoms with E-state index in [1.807, 2.05) is 24.3 Å². The maximum absolute atomic E-state index is 12.4. The molecule has 2 N–H and O–H groups in total. The molecular weight excluding hydrogens is 366 g/mol. The van der Waals surface area contributed by atoms with Gasteiger partial charge in [0, 0.05) is 12.6 Å². The molecule has 29 heavy (non-hydrogen) atoms. The number of pyridine rings is 1. The van der Waals surface area contributed by atoms with Gasteiger partial charge in [0.05, 0.1) is 26.1 Å². The molecule has 1 aromatic carbocycles. The highest BCUT2D eigenvalue weighted by Gasteiger charge is 2.13. The highest BCUT2D eigenvalue weighted by molar-refractivity contribution is 5.92. The highest BCUT2D eigenvalue weighted by Crippen LogP contribution is 2.27. The average Bonchev–Trinajstić information content (AvgIpc) is 3.02. The molecule has 1 aliphatic rings. The van der Waals surface area contributed by atoms with Gasteiger partial charge in [-0.1, -0.05) is 31.7 Å². The molecule has 0 saturated heterocycles. The lowest BCUT2D eigenvalue weighted by molar-refractivity contribution is 0.0949. The molecule has 6 heteroatoms. The van der Waals surface area contributed by atoms with Crippen molar-refractivity contribution in [2.45, 2.75) is 51.0 Å². The summed E-state index contributed by atoms with van der Waals surface area (Å²) in [5.74, 6) is 1.23. The first-order valence-corrected chi connectivity index (χ1v) is 10.4. The lowest BCUT2D eigenvalue weighted by Crippen LogP contribution is -2.26. The van der Waals surface area contributed by atoms with Gasteiger partial charge in [-0.3, -0.25) is 4.79 Å². The summed E-state index contributed by atoms with van der Waals surface area (Å²) in [6, 6.07) is 10.0. The van der Waals surface area contributed by atoms with Gasteiger partial charge in [-0.2, -0.15) is 0 Å². The second-order valence-corrected chi connectivity index (χ2v) is 7.46. The molecule has 1 heterocycles. The fourth-order valence-electron chi connectivity index (χ4n) is 3.72. The fourth-order valence-corrected chi connectivity index (χ4v) is 3.72. The van der Waals surface area contributed by atoms with Gasteiger partial charge in [-0.25, -0.2) is 4.98 Å². The van der Waals surface area contributed by atoms with Crippen molar-refractivity contribution in [3.63, 3.8) is 0 Å². The normalized spacial score (nSPS) is 14.7. The van der Waals surface area contributed by atoms with Crippen LogP contribution in [0, 0.1) is 0 Å². The lowest BCUT2D eigenvalue weighted by atomic mass is 10.1. The van der Waals surface area contributed by atoms with Gasteiger partial charge in [0.15, 0.2) is 11.5 Å². The monoisotopic (exact) mass is 397 g/mol. The number of benzene rings is 1. The second-order valence-electron chi connectivity index (χ2n) is 7.46. The minimum absolute atomic E-state index is 0.161. The number of hydrogen-bond donors (Lipinski definition) is 2. The third-order valence-corrected chi connectivity index (χ3v) is 5.37. The van der Waals surface area contributed by atoms with Crippen LogP contribution in [0.15, 0.2) is 36.5 Å². The first kappa shape index (κ1) is 21.0. The average molecular weight is 398 g/mol. The molecule has 0 atom stereocenters. The molecule has 0 radical (unpaired) electrons. The van der Waals surface area contributed by atoms with E-state index in [9.17, 15) is 4.79 Å². The number of amides is 1. The van der Waals surface area contributed by atoms with Crippen LogP contribution >= 0.6 is 0 Å². The number of anilines is 1. The molecule has 156 valence electrons. The van der Waals surface area contributed by atoms with Crippen LogP contribution in [-0.4, -0.2) is 37.7 Å². The summed E-state index contributed by atoms with van der Waals surface area (Å²) in [5.41, 5.74) is 2.49. The largest absolute Gasteiger partial charge is 0.493 e. The first-order chi connectivity index (χ1) is 14.2. The molecule has 1 amide bonds. The summed E-state index contributed by atoms with van der Waals surface area (Å²) in [5, 5.41) is 6.48. The Balaban J connectivity index is 1.48. The van der Waals surface area contributed by atoms with Crippen LogP contribution in [0.4, 0.5) is 5.69 Å². The minimum Gasteiger partial charge on any atom is -0.493 e. The van der Waals surface area contributed by atoms with Crippen molar-refractivity contribution in [2.75, 3.05) is 26.1 Å². The maximum Gasteiger partial charge on any atom is 0.269 e. The van der Waals surface area contributed by atoms with Gasteiger partial charge >= 0.3 is 0 Å². The van der Waals surface area contributed by atoms with Crippen LogP contribution in [-0.2, 0) is 6.42 Å². The van der Waals surface area contributed by atoms with E-state index in [0.29, 0.717) is 36.2 Å². The zero-order chi connectivity index (χ0) is 20.5. The third-order valence-electron chi connectivity index (χ3n) is 5.37. The van der Waals surface area contributed by atoms with E-state index in [1.54, 1.807) is 26.5 Å². The molecule has 3 rings (SSSR count). The summed E-state index contributed by atoms with van der Waals surface area (Å²) in [6.07, 6.45) is 10.1. The lowest BCUT2D eigenvalue weighted by Gasteiger charge is -2.17. The number of methoxy groups -OCH3 is 2. The standard InChI is InChI=1S/C23H31N3O3/c1-28-21-12-9-17(15-22(21)29-2)13-14-24-23(27)20-11-10-19(16-25-20)26-18-7-5-3-4-6-8-18/h9-12,15-16,18,26H,3-8,13-14H2,1-2H3,(H,24,27). The number of nitrogens with zero attached hydrogens (tertiary/aromatic N) is 1. The molecule has 1 saturated carbocycles. The fraction of sp³-hybridized carbons (Fsp3) is 0.478. The van der Waals surface area contributed by atoms with E-state index >= 15 is 0 Å². The summed E-state index contributed by atoms with van der Waals surface area (Å²) in [7, 11) is 3.23. The molecule has 1 aromatic heterocycles. The smallest absolute Gasteiger partial charge is 0.269 e. The molecule has 1 fully saturated rings. The van der Waals surface area contributed by atoms with Gasteiger partial charge in [-0.15, -0.1) is 0 Å². The van der Waals surface area contributed by atoms with Gasteiger partial charge < -0.3 is 20.1 Å². The second kappa shape index (κ2) is 10.7. The predicted octanol–water partition coefficient (Wildman–Crippen LogP) is 4.21. The number of hydrogen-bond acceptors (Lipinski definition) is 5. The summed E-state index contributed by atoms with van der Waals surface area (Å²) in [4.78, 5) is 16.7. The Morgan fingerprint density at radius 3 is 2.45 bits per heavy atom. The van der Waals surface area contributed by atoms with E-state index in [4.69, 9.17) is 9.47 Å². The van der Waals surface area contributed by atoms with E-state index in [1.165, 1.54) is 38.5 Å². The Hall–Kier alpha value is -2.76. The van der Waals surface area contributed by atoms with Crippen molar-refractivity contribution >= 4 is 11.6 Å². The van der Waals surface area contributed by atoms with Gasteiger partial charge in [0.25, 0.3) is 5.91 Å². The Morgan fingerprint density at radius 1 is 1.03 bits per heavy atom. The summed E-state index contributed by atoms with van der Waals surface area (Å²) >= 11 is 0. The van der Waals surface area contributed by atoms with Gasteiger partial charge in [0.2, 0.25) is 0 Å². The zero-order valence-electron chi connectivity index (χ0n) is 17.4. The number of nitrogens with one attached hydrogen (secondary N) is 2. The van der Waals surface area contributed by atoms with Crippen LogP contribution in [0.5, 0.6) is 11.5 Å². The van der Waals surface area contributed by atoms with E-state index in [2.05, 4.69) is 15.6 Å². The van der Waals surface area contributed by atoms with Crippen LogP contribution in [0.1, 0.15) is 54.6 Å².